The van der Waals surface area contributed by atoms with E-state index in [-0.39, 0.29) is 0 Å². The minimum atomic E-state index is 1.25. The highest BCUT2D eigenvalue weighted by Crippen LogP contribution is 2.36. The second kappa shape index (κ2) is 6.49. The molecular formula is C24H24. The molecule has 0 aliphatic heterocycles. The van der Waals surface area contributed by atoms with Crippen molar-refractivity contribution in [3.63, 3.8) is 0 Å². The Morgan fingerprint density at radius 3 is 2.04 bits per heavy atom. The molecule has 0 heterocycles. The van der Waals surface area contributed by atoms with Crippen LogP contribution in [-0.2, 0) is 0 Å². The van der Waals surface area contributed by atoms with Crippen molar-refractivity contribution in [2.24, 2.45) is 0 Å². The summed E-state index contributed by atoms with van der Waals surface area (Å²) in [7, 11) is 0. The third-order valence-electron chi connectivity index (χ3n) is 4.71. The van der Waals surface area contributed by atoms with Crippen LogP contribution >= 0.6 is 0 Å². The van der Waals surface area contributed by atoms with E-state index >= 15 is 0 Å². The zero-order chi connectivity index (χ0) is 17.3. The van der Waals surface area contributed by atoms with Crippen LogP contribution in [0.3, 0.4) is 0 Å². The Morgan fingerprint density at radius 2 is 1.42 bits per heavy atom. The van der Waals surface area contributed by atoms with Crippen molar-refractivity contribution in [2.45, 2.75) is 27.7 Å². The first-order valence-corrected chi connectivity index (χ1v) is 8.71. The molecule has 0 aromatic heterocycles. The second-order valence-electron chi connectivity index (χ2n) is 5.83. The first-order valence-electron chi connectivity index (χ1n) is 8.71. The van der Waals surface area contributed by atoms with Gasteiger partial charge in [-0.2, -0.15) is 0 Å². The molecule has 4 aromatic rings. The Morgan fingerprint density at radius 1 is 0.792 bits per heavy atom. The van der Waals surface area contributed by atoms with E-state index in [4.69, 9.17) is 0 Å². The van der Waals surface area contributed by atoms with Crippen molar-refractivity contribution in [1.29, 1.82) is 0 Å². The van der Waals surface area contributed by atoms with Crippen molar-refractivity contribution >= 4 is 44.5 Å². The minimum Gasteiger partial charge on any atom is -0.0984 e. The number of benzene rings is 4. The van der Waals surface area contributed by atoms with Crippen LogP contribution in [0.4, 0.5) is 0 Å². The van der Waals surface area contributed by atoms with E-state index in [1.807, 2.05) is 19.9 Å². The molecule has 0 fully saturated rings. The van der Waals surface area contributed by atoms with Gasteiger partial charge < -0.3 is 0 Å². The van der Waals surface area contributed by atoms with E-state index in [0.717, 1.165) is 0 Å². The summed E-state index contributed by atoms with van der Waals surface area (Å²) in [6.45, 7) is 12.4. The smallest absolute Gasteiger partial charge is 0.00264 e. The zero-order valence-electron chi connectivity index (χ0n) is 15.0. The van der Waals surface area contributed by atoms with E-state index in [1.165, 1.54) is 48.7 Å². The molecule has 0 bridgehead atoms. The summed E-state index contributed by atoms with van der Waals surface area (Å²) in [4.78, 5) is 0. The van der Waals surface area contributed by atoms with Crippen molar-refractivity contribution in [3.8, 4) is 0 Å². The summed E-state index contributed by atoms with van der Waals surface area (Å²) in [6, 6.07) is 17.6. The number of rotatable bonds is 1. The topological polar surface area (TPSA) is 0 Å². The fraction of sp³-hybridized carbons (Fsp3) is 0.167. The van der Waals surface area contributed by atoms with Crippen LogP contribution in [0.2, 0.25) is 0 Å². The molecule has 0 radical (unpaired) electrons. The van der Waals surface area contributed by atoms with Gasteiger partial charge in [0.25, 0.3) is 0 Å². The minimum absolute atomic E-state index is 1.25. The lowest BCUT2D eigenvalue weighted by Gasteiger charge is -2.15. The van der Waals surface area contributed by atoms with Crippen molar-refractivity contribution in [1.82, 2.24) is 0 Å². The fourth-order valence-corrected chi connectivity index (χ4v) is 3.75. The van der Waals surface area contributed by atoms with E-state index in [9.17, 15) is 0 Å². The summed E-state index contributed by atoms with van der Waals surface area (Å²) in [5.74, 6) is 0. The van der Waals surface area contributed by atoms with Gasteiger partial charge in [0.2, 0.25) is 0 Å². The molecule has 0 amide bonds. The van der Waals surface area contributed by atoms with E-state index in [1.54, 1.807) is 0 Å². The van der Waals surface area contributed by atoms with Crippen LogP contribution in [0.1, 0.15) is 31.9 Å². The van der Waals surface area contributed by atoms with Gasteiger partial charge in [-0.15, -0.1) is 0 Å². The maximum atomic E-state index is 4.10. The molecule has 4 aromatic carbocycles. The van der Waals surface area contributed by atoms with Gasteiger partial charge in [0.1, 0.15) is 0 Å². The SMILES string of the molecule is C=Cc1c2cccc3cccc(c4ccc(C)/c(=C/C)c14)c32.CC. The summed E-state index contributed by atoms with van der Waals surface area (Å²) >= 11 is 0. The molecule has 0 aliphatic rings. The molecule has 0 saturated heterocycles. The molecule has 0 nitrogen and oxygen atoms in total. The maximum absolute atomic E-state index is 4.10. The predicted molar refractivity (Wildman–Crippen MR) is 110 cm³/mol. The van der Waals surface area contributed by atoms with Crippen molar-refractivity contribution in [3.05, 3.63) is 71.5 Å². The van der Waals surface area contributed by atoms with Crippen LogP contribution in [0.25, 0.3) is 44.5 Å². The third-order valence-corrected chi connectivity index (χ3v) is 4.71. The Hall–Kier alpha value is -2.60. The highest BCUT2D eigenvalue weighted by atomic mass is 14.2. The van der Waals surface area contributed by atoms with Crippen LogP contribution in [0.15, 0.2) is 55.1 Å². The maximum Gasteiger partial charge on any atom is -0.00264 e. The molecular weight excluding hydrogens is 288 g/mol. The summed E-state index contributed by atoms with van der Waals surface area (Å²) in [6.07, 6.45) is 4.22. The van der Waals surface area contributed by atoms with Crippen LogP contribution in [0, 0.1) is 6.92 Å². The normalized spacial score (nSPS) is 11.8. The monoisotopic (exact) mass is 312 g/mol. The van der Waals surface area contributed by atoms with Crippen molar-refractivity contribution < 1.29 is 0 Å². The number of fused-ring (bicyclic) bond motifs is 2. The van der Waals surface area contributed by atoms with E-state index in [2.05, 4.69) is 75.0 Å². The molecule has 0 N–H and O–H groups in total. The molecule has 0 saturated carbocycles. The molecule has 120 valence electrons. The Labute approximate surface area is 144 Å². The largest absolute Gasteiger partial charge is 0.0984 e. The van der Waals surface area contributed by atoms with Gasteiger partial charge in [0.15, 0.2) is 0 Å². The molecule has 0 unspecified atom stereocenters. The predicted octanol–water partition coefficient (Wildman–Crippen LogP) is 6.64. The summed E-state index contributed by atoms with van der Waals surface area (Å²) in [5.41, 5.74) is 2.56. The fourth-order valence-electron chi connectivity index (χ4n) is 3.75. The van der Waals surface area contributed by atoms with Gasteiger partial charge in [0, 0.05) is 0 Å². The first-order chi connectivity index (χ1) is 11.8. The number of hydrogen-bond donors (Lipinski definition) is 0. The highest BCUT2D eigenvalue weighted by molar-refractivity contribution is 6.24. The standard InChI is InChI=1S/C22H18.C2H6/c1-4-16-14(3)12-13-20-19-11-7-9-15-8-6-10-18(21(15)19)17(5-2)22(16)20;1-2/h4-13H,2H2,1,3H3;1-2H3/b16-4-;. The molecule has 0 aliphatic carbocycles. The van der Waals surface area contributed by atoms with Gasteiger partial charge in [-0.25, -0.2) is 0 Å². The van der Waals surface area contributed by atoms with Gasteiger partial charge >= 0.3 is 0 Å². The quantitative estimate of drug-likeness (QED) is 0.273. The number of hydrogen-bond acceptors (Lipinski definition) is 0. The van der Waals surface area contributed by atoms with Crippen LogP contribution < -0.4 is 5.22 Å². The summed E-state index contributed by atoms with van der Waals surface area (Å²) < 4.78 is 0. The third kappa shape index (κ3) is 2.22. The Balaban J connectivity index is 0.000000815. The molecule has 0 spiro atoms. The lowest BCUT2D eigenvalue weighted by Crippen LogP contribution is -2.08. The van der Waals surface area contributed by atoms with E-state index < -0.39 is 0 Å². The highest BCUT2D eigenvalue weighted by Gasteiger charge is 2.12. The molecule has 4 rings (SSSR count). The average molecular weight is 312 g/mol. The number of aryl methyl sites for hydroxylation is 1. The molecule has 0 atom stereocenters. The van der Waals surface area contributed by atoms with Crippen molar-refractivity contribution in [2.75, 3.05) is 0 Å². The van der Waals surface area contributed by atoms with E-state index in [0.29, 0.717) is 0 Å². The van der Waals surface area contributed by atoms with Gasteiger partial charge in [-0.3, -0.25) is 0 Å². The molecule has 0 heteroatoms. The van der Waals surface area contributed by atoms with Crippen LogP contribution in [-0.4, -0.2) is 0 Å². The lowest BCUT2D eigenvalue weighted by atomic mass is 9.89. The molecule has 24 heavy (non-hydrogen) atoms. The Kier molecular flexibility index (Phi) is 4.40. The first kappa shape index (κ1) is 16.3. The van der Waals surface area contributed by atoms with Gasteiger partial charge in [0.05, 0.1) is 0 Å². The average Bonchev–Trinajstić information content (AvgIpc) is 2.64. The zero-order valence-corrected chi connectivity index (χ0v) is 15.0. The van der Waals surface area contributed by atoms with Crippen LogP contribution in [0.5, 0.6) is 0 Å². The second-order valence-corrected chi connectivity index (χ2v) is 5.83. The summed E-state index contributed by atoms with van der Waals surface area (Å²) in [5, 5.41) is 9.22. The van der Waals surface area contributed by atoms with Gasteiger partial charge in [-0.05, 0) is 62.5 Å². The van der Waals surface area contributed by atoms with Gasteiger partial charge in [-0.1, -0.05) is 81.1 Å². The Bertz CT molecular complexity index is 1090. The lowest BCUT2D eigenvalue weighted by molar-refractivity contribution is 1.44.